The summed E-state index contributed by atoms with van der Waals surface area (Å²) in [5, 5.41) is 0. The summed E-state index contributed by atoms with van der Waals surface area (Å²) in [5.74, 6) is 3.79. The van der Waals surface area contributed by atoms with E-state index in [1.165, 1.54) is 5.56 Å². The lowest BCUT2D eigenvalue weighted by Gasteiger charge is -2.26. The normalized spacial score (nSPS) is 20.2. The Labute approximate surface area is 199 Å². The van der Waals surface area contributed by atoms with Gasteiger partial charge in [0.15, 0.2) is 23.0 Å². The van der Waals surface area contributed by atoms with Crippen molar-refractivity contribution in [3.05, 3.63) is 39.9 Å². The van der Waals surface area contributed by atoms with Crippen molar-refractivity contribution in [1.29, 1.82) is 0 Å². The molecule has 2 aromatic carbocycles. The lowest BCUT2D eigenvalue weighted by molar-refractivity contribution is 0.0805. The molecule has 1 saturated carbocycles. The molecule has 176 valence electrons. The Hall–Kier alpha value is -2.12. The molecule has 0 saturated heterocycles. The molecular weight excluding hydrogens is 476 g/mol. The first-order valence-corrected chi connectivity index (χ1v) is 11.6. The SMILES string of the molecule is CCCOc1c(Br)cc([C@H]2CC[C@H](c3cc(OC)c(OC)c(OC)c3)[C@@H]2OC)cc1OC. The molecule has 0 radical (unpaired) electrons. The van der Waals surface area contributed by atoms with Gasteiger partial charge in [-0.15, -0.1) is 0 Å². The highest BCUT2D eigenvalue weighted by molar-refractivity contribution is 9.10. The van der Waals surface area contributed by atoms with Crippen LogP contribution >= 0.6 is 15.9 Å². The van der Waals surface area contributed by atoms with Crippen LogP contribution in [0.3, 0.4) is 0 Å². The van der Waals surface area contributed by atoms with E-state index in [2.05, 4.69) is 35.0 Å². The molecule has 2 aromatic rings. The number of ether oxygens (including phenoxy) is 6. The zero-order valence-electron chi connectivity index (χ0n) is 19.7. The fourth-order valence-corrected chi connectivity index (χ4v) is 5.20. The van der Waals surface area contributed by atoms with Gasteiger partial charge >= 0.3 is 0 Å². The van der Waals surface area contributed by atoms with Gasteiger partial charge in [-0.1, -0.05) is 6.92 Å². The maximum absolute atomic E-state index is 6.06. The van der Waals surface area contributed by atoms with Crippen LogP contribution in [0.15, 0.2) is 28.7 Å². The minimum Gasteiger partial charge on any atom is -0.493 e. The second-order valence-corrected chi connectivity index (χ2v) is 8.69. The van der Waals surface area contributed by atoms with Crippen LogP contribution in [-0.2, 0) is 4.74 Å². The van der Waals surface area contributed by atoms with Gasteiger partial charge in [0.1, 0.15) is 0 Å². The van der Waals surface area contributed by atoms with Gasteiger partial charge in [0, 0.05) is 18.9 Å². The van der Waals surface area contributed by atoms with Gasteiger partial charge in [-0.2, -0.15) is 0 Å². The molecule has 0 N–H and O–H groups in total. The van der Waals surface area contributed by atoms with Crippen molar-refractivity contribution in [3.63, 3.8) is 0 Å². The molecule has 1 fully saturated rings. The van der Waals surface area contributed by atoms with Crippen LogP contribution < -0.4 is 23.7 Å². The Bertz CT molecular complexity index is 891. The Kier molecular flexibility index (Phi) is 8.54. The van der Waals surface area contributed by atoms with Crippen molar-refractivity contribution in [1.82, 2.24) is 0 Å². The van der Waals surface area contributed by atoms with E-state index >= 15 is 0 Å². The molecule has 0 amide bonds. The van der Waals surface area contributed by atoms with E-state index in [-0.39, 0.29) is 17.9 Å². The summed E-state index contributed by atoms with van der Waals surface area (Å²) in [7, 11) is 8.34. The number of rotatable bonds is 10. The van der Waals surface area contributed by atoms with Gasteiger partial charge < -0.3 is 28.4 Å². The molecule has 1 aliphatic rings. The molecule has 32 heavy (non-hydrogen) atoms. The fraction of sp³-hybridized carbons (Fsp3) is 0.520. The number of hydrogen-bond acceptors (Lipinski definition) is 6. The molecule has 3 atom stereocenters. The van der Waals surface area contributed by atoms with Crippen molar-refractivity contribution in [2.24, 2.45) is 0 Å². The second-order valence-electron chi connectivity index (χ2n) is 7.83. The molecule has 1 aliphatic carbocycles. The van der Waals surface area contributed by atoms with Gasteiger partial charge in [-0.05, 0) is 70.6 Å². The summed E-state index contributed by atoms with van der Waals surface area (Å²) in [4.78, 5) is 0. The minimum absolute atomic E-state index is 0.00294. The van der Waals surface area contributed by atoms with Gasteiger partial charge in [0.25, 0.3) is 0 Å². The van der Waals surface area contributed by atoms with Crippen molar-refractivity contribution in [2.75, 3.05) is 42.2 Å². The number of hydrogen-bond donors (Lipinski definition) is 0. The number of benzene rings is 2. The Morgan fingerprint density at radius 1 is 0.750 bits per heavy atom. The third-order valence-electron chi connectivity index (χ3n) is 6.10. The molecule has 3 rings (SSSR count). The highest BCUT2D eigenvalue weighted by Gasteiger charge is 2.39. The highest BCUT2D eigenvalue weighted by Crippen LogP contribution is 2.50. The van der Waals surface area contributed by atoms with E-state index in [4.69, 9.17) is 28.4 Å². The first kappa shape index (κ1) is 24.5. The molecule has 0 unspecified atom stereocenters. The number of methoxy groups -OCH3 is 5. The molecule has 0 aromatic heterocycles. The topological polar surface area (TPSA) is 55.4 Å². The van der Waals surface area contributed by atoms with E-state index in [0.717, 1.165) is 40.8 Å². The first-order valence-electron chi connectivity index (χ1n) is 10.9. The van der Waals surface area contributed by atoms with Crippen LogP contribution in [0.2, 0.25) is 0 Å². The standard InChI is InChI=1S/C25H33BrO6/c1-7-10-32-24-19(26)11-15(12-20(24)27-2)17-8-9-18(23(17)30-5)16-13-21(28-3)25(31-6)22(14-16)29-4/h11-14,17-18,23H,7-10H2,1-6H3/t17-,18-,23-/m1/s1. The number of halogens is 1. The van der Waals surface area contributed by atoms with E-state index < -0.39 is 0 Å². The first-order chi connectivity index (χ1) is 15.5. The second kappa shape index (κ2) is 11.1. The largest absolute Gasteiger partial charge is 0.493 e. The van der Waals surface area contributed by atoms with Crippen LogP contribution in [0.1, 0.15) is 49.1 Å². The minimum atomic E-state index is -0.00294. The molecule has 0 heterocycles. The van der Waals surface area contributed by atoms with Crippen molar-refractivity contribution in [2.45, 2.75) is 44.1 Å². The third kappa shape index (κ3) is 4.79. The third-order valence-corrected chi connectivity index (χ3v) is 6.69. The van der Waals surface area contributed by atoms with Crippen LogP contribution in [0.5, 0.6) is 28.7 Å². The van der Waals surface area contributed by atoms with Gasteiger partial charge in [0.2, 0.25) is 5.75 Å². The monoisotopic (exact) mass is 508 g/mol. The quantitative estimate of drug-likeness (QED) is 0.395. The zero-order chi connectivity index (χ0) is 23.3. The van der Waals surface area contributed by atoms with Crippen molar-refractivity contribution in [3.8, 4) is 28.7 Å². The van der Waals surface area contributed by atoms with Crippen molar-refractivity contribution < 1.29 is 28.4 Å². The Morgan fingerprint density at radius 3 is 1.69 bits per heavy atom. The molecule has 6 nitrogen and oxygen atoms in total. The van der Waals surface area contributed by atoms with E-state index in [9.17, 15) is 0 Å². The Morgan fingerprint density at radius 2 is 1.25 bits per heavy atom. The van der Waals surface area contributed by atoms with Crippen LogP contribution in [0.25, 0.3) is 0 Å². The Balaban J connectivity index is 1.96. The molecular formula is C25H33BrO6. The van der Waals surface area contributed by atoms with E-state index in [0.29, 0.717) is 23.9 Å². The van der Waals surface area contributed by atoms with E-state index in [1.807, 2.05) is 12.1 Å². The predicted molar refractivity (Wildman–Crippen MR) is 128 cm³/mol. The van der Waals surface area contributed by atoms with Crippen LogP contribution in [0, 0.1) is 0 Å². The van der Waals surface area contributed by atoms with Gasteiger partial charge in [-0.25, -0.2) is 0 Å². The summed E-state index contributed by atoms with van der Waals surface area (Å²) < 4.78 is 35.1. The lowest BCUT2D eigenvalue weighted by atomic mass is 9.89. The summed E-state index contributed by atoms with van der Waals surface area (Å²) in [6.07, 6.45) is 2.90. The lowest BCUT2D eigenvalue weighted by Crippen LogP contribution is -2.21. The summed E-state index contributed by atoms with van der Waals surface area (Å²) in [6, 6.07) is 8.25. The summed E-state index contributed by atoms with van der Waals surface area (Å²) in [6.45, 7) is 2.72. The maximum Gasteiger partial charge on any atom is 0.203 e. The molecule has 0 bridgehead atoms. The average molecular weight is 509 g/mol. The maximum atomic E-state index is 6.06. The molecule has 7 heteroatoms. The van der Waals surface area contributed by atoms with Gasteiger partial charge in [-0.3, -0.25) is 0 Å². The summed E-state index contributed by atoms with van der Waals surface area (Å²) >= 11 is 3.68. The van der Waals surface area contributed by atoms with Crippen LogP contribution in [0.4, 0.5) is 0 Å². The molecule has 0 spiro atoms. The smallest absolute Gasteiger partial charge is 0.203 e. The molecule has 0 aliphatic heterocycles. The van der Waals surface area contributed by atoms with Crippen LogP contribution in [-0.4, -0.2) is 48.3 Å². The van der Waals surface area contributed by atoms with E-state index in [1.54, 1.807) is 35.5 Å². The summed E-state index contributed by atoms with van der Waals surface area (Å²) in [5.41, 5.74) is 2.28. The van der Waals surface area contributed by atoms with Gasteiger partial charge in [0.05, 0.1) is 45.6 Å². The van der Waals surface area contributed by atoms with Crippen molar-refractivity contribution >= 4 is 15.9 Å². The highest BCUT2D eigenvalue weighted by atomic mass is 79.9. The predicted octanol–water partition coefficient (Wildman–Crippen LogP) is 5.95. The fourth-order valence-electron chi connectivity index (χ4n) is 4.62. The average Bonchev–Trinajstić information content (AvgIpc) is 3.25. The zero-order valence-corrected chi connectivity index (χ0v) is 21.3.